The van der Waals surface area contributed by atoms with Gasteiger partial charge in [-0.05, 0) is 5.56 Å². The first-order chi connectivity index (χ1) is 9.27. The van der Waals surface area contributed by atoms with Crippen LogP contribution in [0.4, 0.5) is 0 Å². The molecule has 0 unspecified atom stereocenters. The first kappa shape index (κ1) is 14.0. The first-order valence-corrected chi connectivity index (χ1v) is 6.34. The third-order valence-electron chi connectivity index (χ3n) is 3.31. The fourth-order valence-electron chi connectivity index (χ4n) is 2.35. The number of benzene rings is 1. The molecule has 1 heterocycles. The Morgan fingerprint density at radius 3 is 2.79 bits per heavy atom. The van der Waals surface area contributed by atoms with E-state index in [0.29, 0.717) is 13.0 Å². The zero-order valence-electron chi connectivity index (χ0n) is 11.0. The third-order valence-corrected chi connectivity index (χ3v) is 3.31. The molecule has 0 radical (unpaired) electrons. The predicted octanol–water partition coefficient (Wildman–Crippen LogP) is 0.941. The summed E-state index contributed by atoms with van der Waals surface area (Å²) >= 11 is 0. The Morgan fingerprint density at radius 2 is 2.16 bits per heavy atom. The molecule has 5 nitrogen and oxygen atoms in total. The van der Waals surface area contributed by atoms with Gasteiger partial charge in [0, 0.05) is 20.1 Å². The van der Waals surface area contributed by atoms with E-state index < -0.39 is 6.10 Å². The molecule has 1 aromatic rings. The molecule has 104 valence electrons. The minimum atomic E-state index is -0.460. The van der Waals surface area contributed by atoms with Crippen LogP contribution in [-0.4, -0.2) is 49.1 Å². The van der Waals surface area contributed by atoms with Gasteiger partial charge in [0.1, 0.15) is 12.9 Å². The molecule has 1 amide bonds. The molecule has 1 aliphatic rings. The monoisotopic (exact) mass is 265 g/mol. The summed E-state index contributed by atoms with van der Waals surface area (Å²) in [5.74, 6) is -0.0834. The lowest BCUT2D eigenvalue weighted by molar-refractivity contribution is -0.146. The maximum atomic E-state index is 12.2. The maximum absolute atomic E-state index is 12.2. The number of carbonyl (C=O) groups excluding carboxylic acids is 1. The Balaban J connectivity index is 2.07. The second-order valence-electron chi connectivity index (χ2n) is 4.49. The highest BCUT2D eigenvalue weighted by atomic mass is 16.7. The van der Waals surface area contributed by atoms with Crippen molar-refractivity contribution >= 4 is 5.91 Å². The van der Waals surface area contributed by atoms with Gasteiger partial charge in [-0.1, -0.05) is 30.3 Å². The molecule has 2 atom stereocenters. The van der Waals surface area contributed by atoms with Crippen molar-refractivity contribution < 1.29 is 19.4 Å². The van der Waals surface area contributed by atoms with Gasteiger partial charge in [0.05, 0.1) is 12.6 Å². The van der Waals surface area contributed by atoms with Crippen molar-refractivity contribution in [2.45, 2.75) is 18.6 Å². The molecule has 5 heteroatoms. The molecule has 19 heavy (non-hydrogen) atoms. The molecule has 1 aromatic carbocycles. The van der Waals surface area contributed by atoms with Gasteiger partial charge in [-0.15, -0.1) is 0 Å². The van der Waals surface area contributed by atoms with Gasteiger partial charge in [-0.2, -0.15) is 0 Å². The minimum Gasteiger partial charge on any atom is -0.394 e. The van der Waals surface area contributed by atoms with Crippen molar-refractivity contribution in [2.24, 2.45) is 0 Å². The molecule has 0 aromatic heterocycles. The maximum Gasteiger partial charge on any atom is 0.252 e. The quantitative estimate of drug-likeness (QED) is 0.778. The van der Waals surface area contributed by atoms with E-state index >= 15 is 0 Å². The number of nitrogens with zero attached hydrogens (tertiary/aromatic N) is 1. The summed E-state index contributed by atoms with van der Waals surface area (Å²) in [5, 5.41) is 9.56. The average molecular weight is 265 g/mol. The summed E-state index contributed by atoms with van der Waals surface area (Å²) in [6.45, 7) is 0.611. The van der Waals surface area contributed by atoms with Crippen molar-refractivity contribution in [1.82, 2.24) is 4.90 Å². The summed E-state index contributed by atoms with van der Waals surface area (Å²) in [5.41, 5.74) is 0.936. The predicted molar refractivity (Wildman–Crippen MR) is 69.3 cm³/mol. The number of hydrogen-bond acceptors (Lipinski definition) is 4. The number of hydrogen-bond donors (Lipinski definition) is 1. The Kier molecular flexibility index (Phi) is 4.90. The average Bonchev–Trinajstić information content (AvgIpc) is 2.80. The zero-order valence-corrected chi connectivity index (χ0v) is 11.0. The van der Waals surface area contributed by atoms with Crippen LogP contribution in [0.1, 0.15) is 18.0 Å². The van der Waals surface area contributed by atoms with Crippen LogP contribution in [0.25, 0.3) is 0 Å². The van der Waals surface area contributed by atoms with Gasteiger partial charge in [0.2, 0.25) is 0 Å². The summed E-state index contributed by atoms with van der Waals surface area (Å²) in [6, 6.07) is 9.24. The molecule has 1 fully saturated rings. The van der Waals surface area contributed by atoms with Gasteiger partial charge < -0.3 is 19.5 Å². The van der Waals surface area contributed by atoms with E-state index in [9.17, 15) is 9.90 Å². The number of likely N-dealkylation sites (tertiary alicyclic amines) is 1. The lowest BCUT2D eigenvalue weighted by Crippen LogP contribution is -2.36. The van der Waals surface area contributed by atoms with Crippen LogP contribution < -0.4 is 0 Å². The fraction of sp³-hybridized carbons (Fsp3) is 0.500. The van der Waals surface area contributed by atoms with E-state index in [-0.39, 0.29) is 25.3 Å². The molecule has 1 saturated heterocycles. The Hall–Kier alpha value is -1.43. The lowest BCUT2D eigenvalue weighted by atomic mass is 10.1. The standard InChI is InChI=1S/C14H19NO4/c1-18-10-19-13-7-8-15(14(13)17)12(9-16)11-5-3-2-4-6-11/h2-6,12-13,16H,7-10H2,1H3/t12-,13+/m1/s1. The summed E-state index contributed by atoms with van der Waals surface area (Å²) in [7, 11) is 1.53. The number of amides is 1. The smallest absolute Gasteiger partial charge is 0.252 e. The number of aliphatic hydroxyl groups is 1. The highest BCUT2D eigenvalue weighted by molar-refractivity contribution is 5.83. The van der Waals surface area contributed by atoms with E-state index in [0.717, 1.165) is 5.56 Å². The fourth-order valence-corrected chi connectivity index (χ4v) is 2.35. The Bertz CT molecular complexity index is 409. The SMILES string of the molecule is COCO[C@H]1CCN([C@H](CO)c2ccccc2)C1=O. The van der Waals surface area contributed by atoms with E-state index in [2.05, 4.69) is 0 Å². The largest absolute Gasteiger partial charge is 0.394 e. The van der Waals surface area contributed by atoms with Gasteiger partial charge >= 0.3 is 0 Å². The number of aliphatic hydroxyl groups excluding tert-OH is 1. The first-order valence-electron chi connectivity index (χ1n) is 6.34. The zero-order chi connectivity index (χ0) is 13.7. The van der Waals surface area contributed by atoms with Crippen LogP contribution in [0.3, 0.4) is 0 Å². The van der Waals surface area contributed by atoms with Crippen LogP contribution in [0.5, 0.6) is 0 Å². The second-order valence-corrected chi connectivity index (χ2v) is 4.49. The van der Waals surface area contributed by atoms with Gasteiger partial charge in [-0.25, -0.2) is 0 Å². The van der Waals surface area contributed by atoms with Crippen molar-refractivity contribution in [3.63, 3.8) is 0 Å². The van der Waals surface area contributed by atoms with Crippen LogP contribution in [0.2, 0.25) is 0 Å². The number of carbonyl (C=O) groups is 1. The number of methoxy groups -OCH3 is 1. The number of rotatable bonds is 6. The third kappa shape index (κ3) is 3.12. The highest BCUT2D eigenvalue weighted by Gasteiger charge is 2.36. The van der Waals surface area contributed by atoms with Gasteiger partial charge in [-0.3, -0.25) is 4.79 Å². The molecular weight excluding hydrogens is 246 g/mol. The lowest BCUT2D eigenvalue weighted by Gasteiger charge is -2.26. The van der Waals surface area contributed by atoms with Crippen molar-refractivity contribution in [1.29, 1.82) is 0 Å². The normalized spacial score (nSPS) is 20.8. The van der Waals surface area contributed by atoms with Gasteiger partial charge in [0.25, 0.3) is 5.91 Å². The Labute approximate surface area is 112 Å². The van der Waals surface area contributed by atoms with Crippen LogP contribution >= 0.6 is 0 Å². The highest BCUT2D eigenvalue weighted by Crippen LogP contribution is 2.26. The minimum absolute atomic E-state index is 0.0834. The van der Waals surface area contributed by atoms with E-state index in [1.54, 1.807) is 4.90 Å². The van der Waals surface area contributed by atoms with Crippen molar-refractivity contribution in [3.05, 3.63) is 35.9 Å². The molecule has 2 rings (SSSR count). The number of ether oxygens (including phenoxy) is 2. The molecule has 0 saturated carbocycles. The molecule has 1 N–H and O–H groups in total. The summed E-state index contributed by atoms with van der Waals surface area (Å²) in [6.07, 6.45) is 0.170. The van der Waals surface area contributed by atoms with Crippen LogP contribution in [-0.2, 0) is 14.3 Å². The summed E-state index contributed by atoms with van der Waals surface area (Å²) in [4.78, 5) is 13.9. The van der Waals surface area contributed by atoms with E-state index in [1.807, 2.05) is 30.3 Å². The Morgan fingerprint density at radius 1 is 1.42 bits per heavy atom. The van der Waals surface area contributed by atoms with Crippen LogP contribution in [0, 0.1) is 0 Å². The van der Waals surface area contributed by atoms with Crippen molar-refractivity contribution in [2.75, 3.05) is 27.1 Å². The van der Waals surface area contributed by atoms with Crippen molar-refractivity contribution in [3.8, 4) is 0 Å². The molecular formula is C14H19NO4. The van der Waals surface area contributed by atoms with E-state index in [1.165, 1.54) is 7.11 Å². The topological polar surface area (TPSA) is 59.0 Å². The van der Waals surface area contributed by atoms with Gasteiger partial charge in [0.15, 0.2) is 0 Å². The molecule has 0 bridgehead atoms. The van der Waals surface area contributed by atoms with E-state index in [4.69, 9.17) is 9.47 Å². The summed E-state index contributed by atoms with van der Waals surface area (Å²) < 4.78 is 10.1. The second kappa shape index (κ2) is 6.65. The molecule has 0 aliphatic carbocycles. The van der Waals surface area contributed by atoms with Crippen LogP contribution in [0.15, 0.2) is 30.3 Å². The molecule has 0 spiro atoms. The molecule has 1 aliphatic heterocycles.